The van der Waals surface area contributed by atoms with Gasteiger partial charge in [0, 0.05) is 5.39 Å². The lowest BCUT2D eigenvalue weighted by Crippen LogP contribution is -1.88. The number of hydrogen-bond acceptors (Lipinski definition) is 3. The summed E-state index contributed by atoms with van der Waals surface area (Å²) >= 11 is 17.3. The third-order valence-corrected chi connectivity index (χ3v) is 2.60. The molecule has 3 nitrogen and oxygen atoms in total. The van der Waals surface area contributed by atoms with Gasteiger partial charge in [0.15, 0.2) is 0 Å². The van der Waals surface area contributed by atoms with E-state index in [1.165, 1.54) is 6.07 Å². The molecule has 2 aromatic rings. The Hall–Kier alpha value is -1.08. The zero-order valence-electron chi connectivity index (χ0n) is 7.13. The molecular weight excluding hydrogens is 256 g/mol. The first-order valence-corrected chi connectivity index (χ1v) is 4.97. The number of aromatic nitrogens is 2. The van der Waals surface area contributed by atoms with E-state index in [4.69, 9.17) is 40.1 Å². The van der Waals surface area contributed by atoms with Gasteiger partial charge in [0.1, 0.15) is 11.2 Å². The third kappa shape index (κ3) is 1.84. The van der Waals surface area contributed by atoms with E-state index in [9.17, 15) is 0 Å². The molecule has 0 atom stereocenters. The van der Waals surface area contributed by atoms with Gasteiger partial charge in [0.2, 0.25) is 5.28 Å². The molecule has 0 radical (unpaired) electrons. The van der Waals surface area contributed by atoms with Crippen LogP contribution >= 0.6 is 34.8 Å². The first-order valence-electron chi connectivity index (χ1n) is 3.84. The van der Waals surface area contributed by atoms with Gasteiger partial charge in [0.25, 0.3) is 0 Å². The summed E-state index contributed by atoms with van der Waals surface area (Å²) in [6.45, 7) is 0. The van der Waals surface area contributed by atoms with Gasteiger partial charge in [0.05, 0.1) is 16.1 Å². The molecular formula is C9H2Cl3N3. The molecule has 0 unspecified atom stereocenters. The Bertz CT molecular complexity index is 589. The van der Waals surface area contributed by atoms with E-state index in [0.717, 1.165) is 0 Å². The van der Waals surface area contributed by atoms with Crippen LogP contribution in [-0.2, 0) is 0 Å². The van der Waals surface area contributed by atoms with E-state index in [2.05, 4.69) is 9.97 Å². The molecule has 2 rings (SSSR count). The molecule has 0 spiro atoms. The Morgan fingerprint density at radius 1 is 1.13 bits per heavy atom. The number of halogens is 3. The van der Waals surface area contributed by atoms with Crippen molar-refractivity contribution >= 4 is 45.7 Å². The average molecular weight is 258 g/mol. The second-order valence-corrected chi connectivity index (χ2v) is 3.85. The molecule has 1 aromatic heterocycles. The van der Waals surface area contributed by atoms with Crippen LogP contribution < -0.4 is 0 Å². The van der Waals surface area contributed by atoms with Crippen molar-refractivity contribution < 1.29 is 0 Å². The van der Waals surface area contributed by atoms with Crippen molar-refractivity contribution in [2.75, 3.05) is 0 Å². The maximum Gasteiger partial charge on any atom is 0.224 e. The molecule has 0 fully saturated rings. The lowest BCUT2D eigenvalue weighted by molar-refractivity contribution is 1.22. The van der Waals surface area contributed by atoms with Crippen molar-refractivity contribution in [3.63, 3.8) is 0 Å². The van der Waals surface area contributed by atoms with Crippen LogP contribution in [0.1, 0.15) is 5.56 Å². The highest BCUT2D eigenvalue weighted by molar-refractivity contribution is 6.37. The maximum atomic E-state index is 8.77. The van der Waals surface area contributed by atoms with Gasteiger partial charge in [-0.05, 0) is 23.7 Å². The molecule has 0 aliphatic heterocycles. The molecule has 0 aliphatic carbocycles. The van der Waals surface area contributed by atoms with Crippen molar-refractivity contribution in [1.29, 1.82) is 5.26 Å². The van der Waals surface area contributed by atoms with E-state index in [0.29, 0.717) is 21.5 Å². The molecule has 0 saturated heterocycles. The fourth-order valence-corrected chi connectivity index (χ4v) is 1.83. The van der Waals surface area contributed by atoms with Gasteiger partial charge in [-0.2, -0.15) is 5.26 Å². The highest BCUT2D eigenvalue weighted by Crippen LogP contribution is 2.27. The normalized spacial score (nSPS) is 10.3. The van der Waals surface area contributed by atoms with Gasteiger partial charge in [-0.1, -0.05) is 23.2 Å². The summed E-state index contributed by atoms with van der Waals surface area (Å²) in [7, 11) is 0. The summed E-state index contributed by atoms with van der Waals surface area (Å²) in [5, 5.41) is 9.92. The Morgan fingerprint density at radius 2 is 1.87 bits per heavy atom. The van der Waals surface area contributed by atoms with Crippen LogP contribution in [0.15, 0.2) is 12.1 Å². The minimum absolute atomic E-state index is 0.0405. The summed E-state index contributed by atoms with van der Waals surface area (Å²) in [6, 6.07) is 5.02. The van der Waals surface area contributed by atoms with Gasteiger partial charge in [-0.15, -0.1) is 0 Å². The number of benzene rings is 1. The van der Waals surface area contributed by atoms with Crippen LogP contribution in [0, 0.1) is 11.3 Å². The van der Waals surface area contributed by atoms with Crippen molar-refractivity contribution in [2.45, 2.75) is 0 Å². The van der Waals surface area contributed by atoms with E-state index in [-0.39, 0.29) is 10.4 Å². The maximum absolute atomic E-state index is 8.77. The standard InChI is InChI=1S/C9H2Cl3N3/c10-6-2-5-7(1-4(6)3-13)14-9(12)15-8(5)11/h1-2H. The smallest absolute Gasteiger partial charge is 0.218 e. The van der Waals surface area contributed by atoms with Gasteiger partial charge in [-0.25, -0.2) is 9.97 Å². The highest BCUT2D eigenvalue weighted by Gasteiger charge is 2.08. The molecule has 0 N–H and O–H groups in total. The predicted octanol–water partition coefficient (Wildman–Crippen LogP) is 3.46. The summed E-state index contributed by atoms with van der Waals surface area (Å²) in [5.74, 6) is 0. The van der Waals surface area contributed by atoms with Crippen LogP contribution in [0.5, 0.6) is 0 Å². The van der Waals surface area contributed by atoms with E-state index >= 15 is 0 Å². The van der Waals surface area contributed by atoms with Crippen LogP contribution in [-0.4, -0.2) is 9.97 Å². The summed E-state index contributed by atoms with van der Waals surface area (Å²) in [5.41, 5.74) is 0.830. The highest BCUT2D eigenvalue weighted by atomic mass is 35.5. The first-order chi connectivity index (χ1) is 7.11. The fourth-order valence-electron chi connectivity index (χ4n) is 1.17. The Morgan fingerprint density at radius 3 is 2.53 bits per heavy atom. The average Bonchev–Trinajstić information content (AvgIpc) is 2.18. The van der Waals surface area contributed by atoms with Crippen molar-refractivity contribution in [1.82, 2.24) is 9.97 Å². The van der Waals surface area contributed by atoms with Crippen molar-refractivity contribution in [3.8, 4) is 6.07 Å². The van der Waals surface area contributed by atoms with E-state index in [1.54, 1.807) is 6.07 Å². The molecule has 1 aromatic carbocycles. The topological polar surface area (TPSA) is 49.6 Å². The van der Waals surface area contributed by atoms with Gasteiger partial charge < -0.3 is 0 Å². The lowest BCUT2D eigenvalue weighted by atomic mass is 10.2. The predicted molar refractivity (Wildman–Crippen MR) is 59.3 cm³/mol. The number of fused-ring (bicyclic) bond motifs is 1. The Labute approximate surface area is 100 Å². The molecule has 1 heterocycles. The van der Waals surface area contributed by atoms with Crippen LogP contribution in [0.2, 0.25) is 15.5 Å². The number of hydrogen-bond donors (Lipinski definition) is 0. The minimum Gasteiger partial charge on any atom is -0.218 e. The molecule has 74 valence electrons. The third-order valence-electron chi connectivity index (χ3n) is 1.83. The number of rotatable bonds is 0. The largest absolute Gasteiger partial charge is 0.224 e. The van der Waals surface area contributed by atoms with Crippen molar-refractivity contribution in [3.05, 3.63) is 33.2 Å². The quantitative estimate of drug-likeness (QED) is 0.537. The van der Waals surface area contributed by atoms with Crippen LogP contribution in [0.4, 0.5) is 0 Å². The number of nitrogens with zero attached hydrogens (tertiary/aromatic N) is 3. The molecule has 0 amide bonds. The molecule has 0 aliphatic rings. The van der Waals surface area contributed by atoms with Crippen LogP contribution in [0.25, 0.3) is 10.9 Å². The second kappa shape index (κ2) is 3.82. The summed E-state index contributed by atoms with van der Waals surface area (Å²) in [6.07, 6.45) is 0. The van der Waals surface area contributed by atoms with E-state index in [1.807, 2.05) is 6.07 Å². The molecule has 0 saturated carbocycles. The SMILES string of the molecule is N#Cc1cc2nc(Cl)nc(Cl)c2cc1Cl. The van der Waals surface area contributed by atoms with Gasteiger partial charge in [-0.3, -0.25) is 0 Å². The summed E-state index contributed by atoms with van der Waals surface area (Å²) in [4.78, 5) is 7.72. The van der Waals surface area contributed by atoms with E-state index < -0.39 is 0 Å². The molecule has 0 bridgehead atoms. The zero-order chi connectivity index (χ0) is 11.0. The number of nitriles is 1. The fraction of sp³-hybridized carbons (Fsp3) is 0. The lowest BCUT2D eigenvalue weighted by Gasteiger charge is -2.01. The second-order valence-electron chi connectivity index (χ2n) is 2.74. The zero-order valence-corrected chi connectivity index (χ0v) is 9.40. The Kier molecular flexibility index (Phi) is 2.66. The first kappa shape index (κ1) is 10.4. The monoisotopic (exact) mass is 257 g/mol. The Balaban J connectivity index is 2.89. The molecule has 6 heteroatoms. The minimum atomic E-state index is 0.0405. The molecule has 15 heavy (non-hydrogen) atoms. The van der Waals surface area contributed by atoms with Crippen LogP contribution in [0.3, 0.4) is 0 Å². The van der Waals surface area contributed by atoms with Crippen molar-refractivity contribution in [2.24, 2.45) is 0 Å². The summed E-state index contributed by atoms with van der Waals surface area (Å²) < 4.78 is 0. The van der Waals surface area contributed by atoms with Gasteiger partial charge >= 0.3 is 0 Å².